The van der Waals surface area contributed by atoms with Gasteiger partial charge < -0.3 is 10.6 Å². The standard InChI is InChI=1S/C8H10F2N2/c1-3-5-6(4-2)12-8(10)7(9)11-5/h3-4,11-12H,1-2H3/b5-3+,6-4+. The summed E-state index contributed by atoms with van der Waals surface area (Å²) in [4.78, 5) is 0. The number of hydrogen-bond donors (Lipinski definition) is 2. The molecule has 2 N–H and O–H groups in total. The number of allylic oxidation sites excluding steroid dienone is 2. The maximum absolute atomic E-state index is 12.6. The van der Waals surface area contributed by atoms with Gasteiger partial charge in [-0.2, -0.15) is 8.78 Å². The van der Waals surface area contributed by atoms with E-state index in [1.807, 2.05) is 0 Å². The van der Waals surface area contributed by atoms with Crippen LogP contribution in [-0.2, 0) is 0 Å². The quantitative estimate of drug-likeness (QED) is 0.546. The zero-order valence-corrected chi connectivity index (χ0v) is 6.91. The van der Waals surface area contributed by atoms with Crippen LogP contribution >= 0.6 is 0 Å². The van der Waals surface area contributed by atoms with Gasteiger partial charge in [-0.15, -0.1) is 0 Å². The Morgan fingerprint density at radius 1 is 0.917 bits per heavy atom. The monoisotopic (exact) mass is 172 g/mol. The predicted molar refractivity (Wildman–Crippen MR) is 43.0 cm³/mol. The van der Waals surface area contributed by atoms with E-state index in [0.717, 1.165) is 0 Å². The minimum absolute atomic E-state index is 0.538. The molecule has 0 spiro atoms. The van der Waals surface area contributed by atoms with E-state index >= 15 is 0 Å². The first-order valence-corrected chi connectivity index (χ1v) is 3.61. The summed E-state index contributed by atoms with van der Waals surface area (Å²) in [6.07, 6.45) is 3.32. The largest absolute Gasteiger partial charge is 0.327 e. The summed E-state index contributed by atoms with van der Waals surface area (Å²) in [5.74, 6) is -1.96. The van der Waals surface area contributed by atoms with E-state index in [0.29, 0.717) is 11.4 Å². The molecular weight excluding hydrogens is 162 g/mol. The first-order chi connectivity index (χ1) is 5.69. The molecule has 0 saturated heterocycles. The molecule has 0 fully saturated rings. The topological polar surface area (TPSA) is 24.1 Å². The molecule has 0 aliphatic carbocycles. The molecule has 0 aromatic rings. The second-order valence-corrected chi connectivity index (χ2v) is 2.28. The normalized spacial score (nSPS) is 24.3. The average Bonchev–Trinajstić information content (AvgIpc) is 2.09. The molecule has 0 aromatic heterocycles. The highest BCUT2D eigenvalue weighted by atomic mass is 19.2. The maximum Gasteiger partial charge on any atom is 0.245 e. The van der Waals surface area contributed by atoms with Crippen LogP contribution in [0.3, 0.4) is 0 Å². The van der Waals surface area contributed by atoms with Crippen LogP contribution in [-0.4, -0.2) is 0 Å². The Hall–Kier alpha value is -1.32. The fourth-order valence-corrected chi connectivity index (χ4v) is 0.936. The van der Waals surface area contributed by atoms with Crippen molar-refractivity contribution in [3.8, 4) is 0 Å². The summed E-state index contributed by atoms with van der Waals surface area (Å²) >= 11 is 0. The summed E-state index contributed by atoms with van der Waals surface area (Å²) in [5.41, 5.74) is 1.08. The number of rotatable bonds is 0. The zero-order chi connectivity index (χ0) is 9.14. The molecule has 0 bridgehead atoms. The minimum atomic E-state index is -0.978. The Balaban J connectivity index is 2.99. The third-order valence-electron chi connectivity index (χ3n) is 1.55. The first kappa shape index (κ1) is 8.77. The van der Waals surface area contributed by atoms with Gasteiger partial charge in [0, 0.05) is 0 Å². The highest BCUT2D eigenvalue weighted by molar-refractivity contribution is 5.35. The predicted octanol–water partition coefficient (Wildman–Crippen LogP) is 2.05. The third-order valence-corrected chi connectivity index (χ3v) is 1.55. The highest BCUT2D eigenvalue weighted by Gasteiger charge is 2.17. The van der Waals surface area contributed by atoms with Crippen LogP contribution in [0.2, 0.25) is 0 Å². The SMILES string of the molecule is C/C=C1/NC(F)=C(F)N/C1=C/C. The van der Waals surface area contributed by atoms with Gasteiger partial charge in [-0.1, -0.05) is 12.2 Å². The molecule has 0 radical (unpaired) electrons. The number of nitrogens with one attached hydrogen (secondary N) is 2. The summed E-state index contributed by atoms with van der Waals surface area (Å²) in [6.45, 7) is 3.48. The summed E-state index contributed by atoms with van der Waals surface area (Å²) in [6, 6.07) is 0. The Kier molecular flexibility index (Phi) is 2.47. The molecule has 66 valence electrons. The van der Waals surface area contributed by atoms with Crippen molar-refractivity contribution in [3.05, 3.63) is 35.4 Å². The van der Waals surface area contributed by atoms with E-state index in [4.69, 9.17) is 0 Å². The fraction of sp³-hybridized carbons (Fsp3) is 0.250. The van der Waals surface area contributed by atoms with E-state index in [2.05, 4.69) is 10.6 Å². The lowest BCUT2D eigenvalue weighted by Crippen LogP contribution is -2.28. The lowest BCUT2D eigenvalue weighted by atomic mass is 10.2. The molecule has 0 aromatic carbocycles. The zero-order valence-electron chi connectivity index (χ0n) is 6.91. The van der Waals surface area contributed by atoms with Crippen molar-refractivity contribution < 1.29 is 8.78 Å². The molecule has 0 atom stereocenters. The Morgan fingerprint density at radius 2 is 1.25 bits per heavy atom. The summed E-state index contributed by atoms with van der Waals surface area (Å²) in [7, 11) is 0. The second-order valence-electron chi connectivity index (χ2n) is 2.28. The smallest absolute Gasteiger partial charge is 0.245 e. The minimum Gasteiger partial charge on any atom is -0.327 e. The Labute approximate surface area is 69.7 Å². The molecule has 1 rings (SSSR count). The van der Waals surface area contributed by atoms with Crippen molar-refractivity contribution in [2.24, 2.45) is 0 Å². The van der Waals surface area contributed by atoms with Crippen LogP contribution < -0.4 is 10.6 Å². The Bertz CT molecular complexity index is 249. The van der Waals surface area contributed by atoms with Gasteiger partial charge in [0.1, 0.15) is 0 Å². The maximum atomic E-state index is 12.6. The number of hydrogen-bond acceptors (Lipinski definition) is 2. The van der Waals surface area contributed by atoms with Crippen LogP contribution in [0.5, 0.6) is 0 Å². The number of halogens is 2. The lowest BCUT2D eigenvalue weighted by Gasteiger charge is -2.19. The van der Waals surface area contributed by atoms with E-state index in [1.165, 1.54) is 0 Å². The second kappa shape index (κ2) is 3.38. The summed E-state index contributed by atoms with van der Waals surface area (Å²) < 4.78 is 25.2. The van der Waals surface area contributed by atoms with Crippen molar-refractivity contribution in [3.63, 3.8) is 0 Å². The summed E-state index contributed by atoms with van der Waals surface area (Å²) in [5, 5.41) is 4.57. The third kappa shape index (κ3) is 1.47. The molecule has 2 nitrogen and oxygen atoms in total. The van der Waals surface area contributed by atoms with Gasteiger partial charge in [0.15, 0.2) is 0 Å². The van der Waals surface area contributed by atoms with E-state index in [9.17, 15) is 8.78 Å². The average molecular weight is 172 g/mol. The molecule has 12 heavy (non-hydrogen) atoms. The van der Waals surface area contributed by atoms with Crippen LogP contribution in [0.15, 0.2) is 35.4 Å². The van der Waals surface area contributed by atoms with Crippen LogP contribution in [0.1, 0.15) is 13.8 Å². The lowest BCUT2D eigenvalue weighted by molar-refractivity contribution is 0.449. The van der Waals surface area contributed by atoms with Crippen molar-refractivity contribution in [1.82, 2.24) is 10.6 Å². The first-order valence-electron chi connectivity index (χ1n) is 3.61. The van der Waals surface area contributed by atoms with Gasteiger partial charge in [0.05, 0.1) is 11.4 Å². The molecule has 4 heteroatoms. The van der Waals surface area contributed by atoms with Gasteiger partial charge >= 0.3 is 0 Å². The van der Waals surface area contributed by atoms with Gasteiger partial charge in [0.25, 0.3) is 0 Å². The van der Waals surface area contributed by atoms with Gasteiger partial charge in [-0.25, -0.2) is 0 Å². The van der Waals surface area contributed by atoms with Gasteiger partial charge in [0.2, 0.25) is 11.9 Å². The van der Waals surface area contributed by atoms with E-state index in [-0.39, 0.29) is 0 Å². The van der Waals surface area contributed by atoms with Crippen molar-refractivity contribution >= 4 is 0 Å². The molecule has 1 aliphatic heterocycles. The van der Waals surface area contributed by atoms with Crippen molar-refractivity contribution in [2.45, 2.75) is 13.8 Å². The van der Waals surface area contributed by atoms with Gasteiger partial charge in [-0.05, 0) is 13.8 Å². The van der Waals surface area contributed by atoms with E-state index < -0.39 is 11.9 Å². The van der Waals surface area contributed by atoms with Crippen LogP contribution in [0.4, 0.5) is 8.78 Å². The van der Waals surface area contributed by atoms with Crippen LogP contribution in [0.25, 0.3) is 0 Å². The fourth-order valence-electron chi connectivity index (χ4n) is 0.936. The molecule has 0 amide bonds. The van der Waals surface area contributed by atoms with Crippen molar-refractivity contribution in [2.75, 3.05) is 0 Å². The highest BCUT2D eigenvalue weighted by Crippen LogP contribution is 2.17. The van der Waals surface area contributed by atoms with Gasteiger partial charge in [-0.3, -0.25) is 0 Å². The molecule has 0 saturated carbocycles. The molecular formula is C8H10F2N2. The molecule has 1 aliphatic rings. The Morgan fingerprint density at radius 3 is 1.50 bits per heavy atom. The molecule has 0 unspecified atom stereocenters. The van der Waals surface area contributed by atoms with Crippen LogP contribution in [0, 0.1) is 0 Å². The van der Waals surface area contributed by atoms with E-state index in [1.54, 1.807) is 26.0 Å². The van der Waals surface area contributed by atoms with Crippen molar-refractivity contribution in [1.29, 1.82) is 0 Å². The molecule has 1 heterocycles.